The highest BCUT2D eigenvalue weighted by Gasteiger charge is 2.15. The summed E-state index contributed by atoms with van der Waals surface area (Å²) in [6, 6.07) is 0. The molecule has 0 atom stereocenters. The van der Waals surface area contributed by atoms with E-state index in [-0.39, 0.29) is 5.56 Å². The zero-order chi connectivity index (χ0) is 13.2. The predicted octanol–water partition coefficient (Wildman–Crippen LogP) is 1.40. The molecule has 0 amide bonds. The Hall–Kier alpha value is -1.98. The van der Waals surface area contributed by atoms with Gasteiger partial charge in [-0.1, -0.05) is 12.8 Å². The molecule has 2 aromatic rings. The largest absolute Gasteiger partial charge is 0.341 e. The first-order valence-corrected chi connectivity index (χ1v) is 6.73. The molecule has 0 aliphatic carbocycles. The minimum Gasteiger partial charge on any atom is -0.341 e. The molecule has 0 aromatic carbocycles. The quantitative estimate of drug-likeness (QED) is 0.838. The monoisotopic (exact) mass is 259 g/mol. The second-order valence-electron chi connectivity index (χ2n) is 4.97. The summed E-state index contributed by atoms with van der Waals surface area (Å²) in [5.41, 5.74) is 1.11. The molecule has 0 spiro atoms. The molecule has 100 valence electrons. The summed E-state index contributed by atoms with van der Waals surface area (Å²) in [5, 5.41) is 6.77. The highest BCUT2D eigenvalue weighted by atomic mass is 16.1. The topological polar surface area (TPSA) is 74.8 Å². The molecule has 0 unspecified atom stereocenters. The fourth-order valence-corrected chi connectivity index (χ4v) is 2.57. The van der Waals surface area contributed by atoms with Crippen LogP contribution in [0.1, 0.15) is 31.4 Å². The summed E-state index contributed by atoms with van der Waals surface area (Å²) in [4.78, 5) is 22.9. The van der Waals surface area contributed by atoms with Gasteiger partial charge in [0.05, 0.1) is 17.3 Å². The molecule has 6 nitrogen and oxygen atoms in total. The van der Waals surface area contributed by atoms with Gasteiger partial charge in [-0.15, -0.1) is 0 Å². The van der Waals surface area contributed by atoms with Gasteiger partial charge in [0.25, 0.3) is 5.56 Å². The van der Waals surface area contributed by atoms with Gasteiger partial charge >= 0.3 is 0 Å². The van der Waals surface area contributed by atoms with Crippen LogP contribution in [0, 0.1) is 6.92 Å². The molecule has 0 radical (unpaired) electrons. The number of hydrogen-bond acceptors (Lipinski definition) is 5. The van der Waals surface area contributed by atoms with Crippen molar-refractivity contribution in [3.8, 4) is 0 Å². The van der Waals surface area contributed by atoms with E-state index in [0.717, 1.165) is 19.0 Å². The molecular weight excluding hydrogens is 242 g/mol. The zero-order valence-corrected chi connectivity index (χ0v) is 11.0. The number of fused-ring (bicyclic) bond motifs is 1. The van der Waals surface area contributed by atoms with Gasteiger partial charge < -0.3 is 4.90 Å². The third-order valence-corrected chi connectivity index (χ3v) is 3.57. The van der Waals surface area contributed by atoms with E-state index in [0.29, 0.717) is 16.6 Å². The van der Waals surface area contributed by atoms with Crippen LogP contribution >= 0.6 is 0 Å². The van der Waals surface area contributed by atoms with E-state index < -0.39 is 0 Å². The Bertz CT molecular complexity index is 643. The van der Waals surface area contributed by atoms with Crippen LogP contribution < -0.4 is 10.5 Å². The number of anilines is 1. The first kappa shape index (κ1) is 12.1. The molecule has 0 saturated carbocycles. The maximum atomic E-state index is 11.7. The number of aromatic nitrogens is 4. The maximum Gasteiger partial charge on any atom is 0.275 e. The molecular formula is C13H17N5O. The molecule has 2 aromatic heterocycles. The molecule has 0 bridgehead atoms. The summed E-state index contributed by atoms with van der Waals surface area (Å²) in [6.45, 7) is 3.82. The average Bonchev–Trinajstić information content (AvgIpc) is 2.67. The van der Waals surface area contributed by atoms with E-state index in [1.54, 1.807) is 6.20 Å². The van der Waals surface area contributed by atoms with Crippen molar-refractivity contribution in [2.24, 2.45) is 0 Å². The van der Waals surface area contributed by atoms with Crippen molar-refractivity contribution in [1.29, 1.82) is 0 Å². The van der Waals surface area contributed by atoms with Gasteiger partial charge in [0.2, 0.25) is 5.95 Å². The minimum absolute atomic E-state index is 0.225. The van der Waals surface area contributed by atoms with Crippen LogP contribution in [0.15, 0.2) is 11.0 Å². The highest BCUT2D eigenvalue weighted by molar-refractivity contribution is 5.79. The molecule has 1 fully saturated rings. The molecule has 1 aliphatic heterocycles. The average molecular weight is 259 g/mol. The lowest BCUT2D eigenvalue weighted by atomic mass is 10.2. The molecule has 1 saturated heterocycles. The Morgan fingerprint density at radius 2 is 1.89 bits per heavy atom. The van der Waals surface area contributed by atoms with E-state index in [1.807, 2.05) is 6.92 Å². The summed E-state index contributed by atoms with van der Waals surface area (Å²) >= 11 is 0. The molecule has 1 N–H and O–H groups in total. The molecule has 6 heteroatoms. The van der Waals surface area contributed by atoms with Crippen molar-refractivity contribution in [2.75, 3.05) is 18.0 Å². The van der Waals surface area contributed by atoms with Gasteiger partial charge in [0.1, 0.15) is 5.52 Å². The lowest BCUT2D eigenvalue weighted by Gasteiger charge is -2.20. The number of aromatic amines is 1. The minimum atomic E-state index is -0.225. The van der Waals surface area contributed by atoms with Gasteiger partial charge in [-0.05, 0) is 19.8 Å². The molecule has 3 heterocycles. The van der Waals surface area contributed by atoms with Crippen molar-refractivity contribution in [3.05, 3.63) is 22.2 Å². The van der Waals surface area contributed by atoms with Crippen molar-refractivity contribution in [3.63, 3.8) is 0 Å². The van der Waals surface area contributed by atoms with E-state index in [2.05, 4.69) is 25.1 Å². The Morgan fingerprint density at radius 3 is 2.63 bits per heavy atom. The van der Waals surface area contributed by atoms with Crippen LogP contribution in [0.3, 0.4) is 0 Å². The highest BCUT2D eigenvalue weighted by Crippen LogP contribution is 2.18. The first-order valence-electron chi connectivity index (χ1n) is 6.73. The third-order valence-electron chi connectivity index (χ3n) is 3.57. The summed E-state index contributed by atoms with van der Waals surface area (Å²) in [6.07, 6.45) is 6.48. The van der Waals surface area contributed by atoms with Crippen LogP contribution in [0.5, 0.6) is 0 Å². The fraction of sp³-hybridized carbons (Fsp3) is 0.538. The Labute approximate surface area is 110 Å². The number of aryl methyl sites for hydroxylation is 1. The van der Waals surface area contributed by atoms with Gasteiger partial charge in [0, 0.05) is 13.1 Å². The van der Waals surface area contributed by atoms with E-state index in [4.69, 9.17) is 0 Å². The van der Waals surface area contributed by atoms with Crippen molar-refractivity contribution >= 4 is 16.9 Å². The Morgan fingerprint density at radius 1 is 1.16 bits per heavy atom. The number of rotatable bonds is 1. The van der Waals surface area contributed by atoms with Crippen LogP contribution in [0.2, 0.25) is 0 Å². The third kappa shape index (κ3) is 2.30. The summed E-state index contributed by atoms with van der Waals surface area (Å²) in [5.74, 6) is 0.722. The SMILES string of the molecule is Cc1nc(N2CCCCCC2)nc2cn[nH]c(=O)c12. The van der Waals surface area contributed by atoms with Crippen LogP contribution in [0.25, 0.3) is 10.9 Å². The van der Waals surface area contributed by atoms with Crippen molar-refractivity contribution < 1.29 is 0 Å². The lowest BCUT2D eigenvalue weighted by Crippen LogP contribution is -2.26. The molecule has 3 rings (SSSR count). The predicted molar refractivity (Wildman–Crippen MR) is 73.4 cm³/mol. The van der Waals surface area contributed by atoms with Crippen LogP contribution in [-0.4, -0.2) is 33.3 Å². The number of nitrogens with zero attached hydrogens (tertiary/aromatic N) is 4. The Balaban J connectivity index is 2.07. The van der Waals surface area contributed by atoms with E-state index in [9.17, 15) is 4.79 Å². The summed E-state index contributed by atoms with van der Waals surface area (Å²) < 4.78 is 0. The lowest BCUT2D eigenvalue weighted by molar-refractivity contribution is 0.726. The van der Waals surface area contributed by atoms with Crippen molar-refractivity contribution in [1.82, 2.24) is 20.2 Å². The number of nitrogens with one attached hydrogen (secondary N) is 1. The van der Waals surface area contributed by atoms with E-state index in [1.165, 1.54) is 25.7 Å². The standard InChI is InChI=1S/C13H17N5O/c1-9-11-10(8-14-17-12(11)19)16-13(15-9)18-6-4-2-3-5-7-18/h8H,2-7H2,1H3,(H,17,19). The van der Waals surface area contributed by atoms with Crippen LogP contribution in [0.4, 0.5) is 5.95 Å². The zero-order valence-electron chi connectivity index (χ0n) is 11.0. The van der Waals surface area contributed by atoms with E-state index >= 15 is 0 Å². The number of H-pyrrole nitrogens is 1. The first-order chi connectivity index (χ1) is 9.25. The van der Waals surface area contributed by atoms with Crippen LogP contribution in [-0.2, 0) is 0 Å². The molecule has 1 aliphatic rings. The van der Waals surface area contributed by atoms with Crippen molar-refractivity contribution in [2.45, 2.75) is 32.6 Å². The smallest absolute Gasteiger partial charge is 0.275 e. The van der Waals surface area contributed by atoms with Gasteiger partial charge in [0.15, 0.2) is 0 Å². The summed E-state index contributed by atoms with van der Waals surface area (Å²) in [7, 11) is 0. The van der Waals surface area contributed by atoms with Gasteiger partial charge in [-0.2, -0.15) is 5.10 Å². The number of hydrogen-bond donors (Lipinski definition) is 1. The van der Waals surface area contributed by atoms with Gasteiger partial charge in [-0.3, -0.25) is 4.79 Å². The second kappa shape index (κ2) is 4.95. The normalized spacial score (nSPS) is 16.6. The fourth-order valence-electron chi connectivity index (χ4n) is 2.57. The Kier molecular flexibility index (Phi) is 3.15. The molecule has 19 heavy (non-hydrogen) atoms. The maximum absolute atomic E-state index is 11.7. The second-order valence-corrected chi connectivity index (χ2v) is 4.97. The van der Waals surface area contributed by atoms with Gasteiger partial charge in [-0.25, -0.2) is 15.1 Å².